The molecule has 2 heterocycles. The number of likely N-dealkylation sites (tertiary alicyclic amines) is 1. The molecule has 1 atom stereocenters. The van der Waals surface area contributed by atoms with Crippen LogP contribution >= 0.6 is 0 Å². The Hall–Kier alpha value is -2.18. The van der Waals surface area contributed by atoms with E-state index in [9.17, 15) is 19.5 Å². The lowest BCUT2D eigenvalue weighted by atomic mass is 10.00. The number of hydrogen-bond acceptors (Lipinski definition) is 4. The molecule has 0 aromatic carbocycles. The van der Waals surface area contributed by atoms with E-state index in [0.29, 0.717) is 24.2 Å². The fourth-order valence-electron chi connectivity index (χ4n) is 2.68. The lowest BCUT2D eigenvalue weighted by molar-refractivity contribution is -0.143. The summed E-state index contributed by atoms with van der Waals surface area (Å²) in [6.45, 7) is 3.74. The normalized spacial score (nSPS) is 18.6. The van der Waals surface area contributed by atoms with Crippen LogP contribution in [0.4, 0.5) is 0 Å². The summed E-state index contributed by atoms with van der Waals surface area (Å²) < 4.78 is 1.12. The van der Waals surface area contributed by atoms with Crippen molar-refractivity contribution in [1.29, 1.82) is 0 Å². The van der Waals surface area contributed by atoms with E-state index in [2.05, 4.69) is 5.10 Å². The summed E-state index contributed by atoms with van der Waals surface area (Å²) in [4.78, 5) is 37.5. The molecule has 1 fully saturated rings. The van der Waals surface area contributed by atoms with Crippen molar-refractivity contribution in [1.82, 2.24) is 14.7 Å². The van der Waals surface area contributed by atoms with Crippen LogP contribution in [0.15, 0.2) is 4.79 Å². The average molecular weight is 293 g/mol. The van der Waals surface area contributed by atoms with Crippen molar-refractivity contribution in [3.05, 3.63) is 27.2 Å². The molecule has 7 nitrogen and oxygen atoms in total. The molecule has 1 aliphatic heterocycles. The highest BCUT2D eigenvalue weighted by Gasteiger charge is 2.34. The van der Waals surface area contributed by atoms with Gasteiger partial charge in [-0.2, -0.15) is 5.10 Å². The van der Waals surface area contributed by atoms with Crippen molar-refractivity contribution in [2.75, 3.05) is 6.54 Å². The number of hydrogen-bond donors (Lipinski definition) is 1. The maximum Gasteiger partial charge on any atom is 0.326 e. The first-order valence-corrected chi connectivity index (χ1v) is 6.93. The molecule has 21 heavy (non-hydrogen) atoms. The number of piperidine rings is 1. The lowest BCUT2D eigenvalue weighted by Crippen LogP contribution is -2.49. The van der Waals surface area contributed by atoms with Gasteiger partial charge in [0.15, 0.2) is 0 Å². The number of amides is 1. The smallest absolute Gasteiger partial charge is 0.326 e. The van der Waals surface area contributed by atoms with Crippen LogP contribution in [0.2, 0.25) is 0 Å². The van der Waals surface area contributed by atoms with E-state index in [-0.39, 0.29) is 5.56 Å². The summed E-state index contributed by atoms with van der Waals surface area (Å²) >= 11 is 0. The quantitative estimate of drug-likeness (QED) is 0.856. The highest BCUT2D eigenvalue weighted by Crippen LogP contribution is 2.20. The minimum atomic E-state index is -1.02. The number of aliphatic carboxylic acids is 1. The van der Waals surface area contributed by atoms with Crippen molar-refractivity contribution < 1.29 is 14.7 Å². The predicted octanol–water partition coefficient (Wildman–Crippen LogP) is 0.476. The number of aromatic nitrogens is 2. The molecule has 0 saturated carbocycles. The lowest BCUT2D eigenvalue weighted by Gasteiger charge is -2.33. The minimum absolute atomic E-state index is 0.0261. The molecule has 114 valence electrons. The Kier molecular flexibility index (Phi) is 4.11. The third-order valence-corrected chi connectivity index (χ3v) is 3.99. The fraction of sp³-hybridized carbons (Fsp3) is 0.571. The van der Waals surface area contributed by atoms with Crippen LogP contribution in [0.25, 0.3) is 0 Å². The molecular formula is C14H19N3O4. The third-order valence-electron chi connectivity index (χ3n) is 3.99. The fourth-order valence-corrected chi connectivity index (χ4v) is 2.68. The number of carboxylic acids is 1. The van der Waals surface area contributed by atoms with Gasteiger partial charge in [-0.15, -0.1) is 0 Å². The minimum Gasteiger partial charge on any atom is -0.480 e. The van der Waals surface area contributed by atoms with Crippen molar-refractivity contribution in [2.45, 2.75) is 39.2 Å². The van der Waals surface area contributed by atoms with Gasteiger partial charge in [0, 0.05) is 13.6 Å². The molecule has 0 spiro atoms. The largest absolute Gasteiger partial charge is 0.480 e. The van der Waals surface area contributed by atoms with E-state index < -0.39 is 23.5 Å². The summed E-state index contributed by atoms with van der Waals surface area (Å²) in [6, 6.07) is -0.858. The number of carboxylic acid groups (broad SMARTS) is 1. The molecule has 1 aromatic heterocycles. The molecule has 1 amide bonds. The standard InChI is InChI=1S/C14H19N3O4/c1-8-9(2)15-16(3)12(18)11(8)13(19)17-7-5-4-6-10(17)14(20)21/h10H,4-7H2,1-3H3,(H,20,21)/t10-/m0/s1. The van der Waals surface area contributed by atoms with Gasteiger partial charge in [-0.3, -0.25) is 9.59 Å². The Morgan fingerprint density at radius 1 is 1.29 bits per heavy atom. The molecule has 1 aromatic rings. The summed E-state index contributed by atoms with van der Waals surface area (Å²) in [5, 5.41) is 13.3. The van der Waals surface area contributed by atoms with Gasteiger partial charge in [0.05, 0.1) is 5.69 Å². The Labute approximate surface area is 122 Å². The van der Waals surface area contributed by atoms with Gasteiger partial charge in [-0.05, 0) is 38.7 Å². The van der Waals surface area contributed by atoms with E-state index in [1.807, 2.05) is 0 Å². The Morgan fingerprint density at radius 3 is 2.57 bits per heavy atom. The van der Waals surface area contributed by atoms with Crippen LogP contribution in [-0.2, 0) is 11.8 Å². The summed E-state index contributed by atoms with van der Waals surface area (Å²) in [5.41, 5.74) is 0.637. The second-order valence-electron chi connectivity index (χ2n) is 5.36. The van der Waals surface area contributed by atoms with Crippen LogP contribution in [0.3, 0.4) is 0 Å². The monoisotopic (exact) mass is 293 g/mol. The first kappa shape index (κ1) is 15.2. The second kappa shape index (κ2) is 5.67. The van der Waals surface area contributed by atoms with Crippen molar-refractivity contribution >= 4 is 11.9 Å². The second-order valence-corrected chi connectivity index (χ2v) is 5.36. The van der Waals surface area contributed by atoms with Crippen molar-refractivity contribution in [2.24, 2.45) is 7.05 Å². The summed E-state index contributed by atoms with van der Waals surface area (Å²) in [6.07, 6.45) is 1.94. The Morgan fingerprint density at radius 2 is 1.95 bits per heavy atom. The molecule has 1 saturated heterocycles. The number of carbonyl (C=O) groups is 2. The van der Waals surface area contributed by atoms with Crippen LogP contribution in [-0.4, -0.2) is 44.3 Å². The maximum atomic E-state index is 12.7. The van der Waals surface area contributed by atoms with E-state index in [4.69, 9.17) is 0 Å². The average Bonchev–Trinajstić information content (AvgIpc) is 2.45. The van der Waals surface area contributed by atoms with Crippen LogP contribution in [0, 0.1) is 13.8 Å². The van der Waals surface area contributed by atoms with Crippen molar-refractivity contribution in [3.8, 4) is 0 Å². The van der Waals surface area contributed by atoms with Gasteiger partial charge in [0.25, 0.3) is 11.5 Å². The van der Waals surface area contributed by atoms with E-state index in [1.165, 1.54) is 11.9 Å². The molecule has 0 radical (unpaired) electrons. The SMILES string of the molecule is Cc1nn(C)c(=O)c(C(=O)N2CCCC[C@H]2C(=O)O)c1C. The number of nitrogens with zero attached hydrogens (tertiary/aromatic N) is 3. The van der Waals surface area contributed by atoms with Gasteiger partial charge in [0.1, 0.15) is 11.6 Å². The molecule has 2 rings (SSSR count). The van der Waals surface area contributed by atoms with Gasteiger partial charge >= 0.3 is 5.97 Å². The molecular weight excluding hydrogens is 274 g/mol. The number of aryl methyl sites for hydroxylation is 2. The number of rotatable bonds is 2. The van der Waals surface area contributed by atoms with Crippen LogP contribution in [0.5, 0.6) is 0 Å². The van der Waals surface area contributed by atoms with E-state index in [1.54, 1.807) is 13.8 Å². The first-order valence-electron chi connectivity index (χ1n) is 6.93. The Balaban J connectivity index is 2.49. The molecule has 0 unspecified atom stereocenters. The highest BCUT2D eigenvalue weighted by atomic mass is 16.4. The highest BCUT2D eigenvalue weighted by molar-refractivity contribution is 5.97. The van der Waals surface area contributed by atoms with Crippen molar-refractivity contribution in [3.63, 3.8) is 0 Å². The molecule has 0 bridgehead atoms. The Bertz CT molecular complexity index is 650. The molecule has 7 heteroatoms. The molecule has 0 aliphatic carbocycles. The third kappa shape index (κ3) is 2.68. The van der Waals surface area contributed by atoms with Crippen LogP contribution < -0.4 is 5.56 Å². The first-order chi connectivity index (χ1) is 9.84. The number of carbonyl (C=O) groups excluding carboxylic acids is 1. The zero-order chi connectivity index (χ0) is 15.7. The predicted molar refractivity (Wildman–Crippen MR) is 75.3 cm³/mol. The zero-order valence-corrected chi connectivity index (χ0v) is 12.4. The topological polar surface area (TPSA) is 92.5 Å². The van der Waals surface area contributed by atoms with Crippen LogP contribution in [0.1, 0.15) is 40.9 Å². The molecule has 1 N–H and O–H groups in total. The maximum absolute atomic E-state index is 12.7. The summed E-state index contributed by atoms with van der Waals surface area (Å²) in [5.74, 6) is -1.53. The zero-order valence-electron chi connectivity index (χ0n) is 12.4. The van der Waals surface area contributed by atoms with Gasteiger partial charge in [0.2, 0.25) is 0 Å². The van der Waals surface area contributed by atoms with Gasteiger partial charge < -0.3 is 10.0 Å². The summed E-state index contributed by atoms with van der Waals surface area (Å²) in [7, 11) is 1.48. The van der Waals surface area contributed by atoms with Gasteiger partial charge in [-0.1, -0.05) is 0 Å². The van der Waals surface area contributed by atoms with E-state index >= 15 is 0 Å². The van der Waals surface area contributed by atoms with E-state index in [0.717, 1.165) is 17.5 Å². The van der Waals surface area contributed by atoms with Gasteiger partial charge in [-0.25, -0.2) is 9.48 Å². The molecule has 1 aliphatic rings.